The summed E-state index contributed by atoms with van der Waals surface area (Å²) in [5.41, 5.74) is 1.45. The number of amides is 1. The van der Waals surface area contributed by atoms with Gasteiger partial charge in [0.2, 0.25) is 0 Å². The van der Waals surface area contributed by atoms with Gasteiger partial charge in [-0.3, -0.25) is 14.5 Å². The van der Waals surface area contributed by atoms with Gasteiger partial charge in [-0.15, -0.1) is 0 Å². The van der Waals surface area contributed by atoms with Crippen LogP contribution in [0.2, 0.25) is 5.02 Å². The second-order valence-electron chi connectivity index (χ2n) is 4.67. The summed E-state index contributed by atoms with van der Waals surface area (Å²) < 4.78 is 0. The molecule has 1 aromatic rings. The molecule has 1 heterocycles. The molecule has 1 fully saturated rings. The Kier molecular flexibility index (Phi) is 3.44. The van der Waals surface area contributed by atoms with Crippen molar-refractivity contribution in [3.05, 3.63) is 57.6 Å². The Labute approximate surface area is 126 Å². The van der Waals surface area contributed by atoms with Crippen LogP contribution in [0.15, 0.2) is 47.0 Å². The first-order chi connectivity index (χ1) is 9.56. The number of nitrogens with zero attached hydrogens (tertiary/aromatic N) is 1. The number of halogens is 1. The third-order valence-corrected chi connectivity index (χ3v) is 4.66. The molecule has 102 valence electrons. The summed E-state index contributed by atoms with van der Waals surface area (Å²) in [6.07, 6.45) is 3.82. The van der Waals surface area contributed by atoms with Gasteiger partial charge in [0.05, 0.1) is 11.1 Å². The van der Waals surface area contributed by atoms with Gasteiger partial charge >= 0.3 is 0 Å². The second kappa shape index (κ2) is 5.11. The fourth-order valence-corrected chi connectivity index (χ4v) is 3.64. The number of benzene rings is 1. The van der Waals surface area contributed by atoms with Gasteiger partial charge in [-0.1, -0.05) is 29.4 Å². The average Bonchev–Trinajstić information content (AvgIpc) is 2.73. The molecule has 20 heavy (non-hydrogen) atoms. The molecule has 1 aromatic carbocycles. The molecule has 2 aliphatic rings. The van der Waals surface area contributed by atoms with Crippen LogP contribution in [-0.2, 0) is 4.79 Å². The fourth-order valence-electron chi connectivity index (χ4n) is 2.33. The van der Waals surface area contributed by atoms with E-state index in [1.807, 2.05) is 13.0 Å². The molecule has 1 unspecified atom stereocenters. The molecule has 5 heteroatoms. The zero-order valence-corrected chi connectivity index (χ0v) is 12.4. The third-order valence-electron chi connectivity index (χ3n) is 3.27. The minimum absolute atomic E-state index is 0.0124. The van der Waals surface area contributed by atoms with Crippen LogP contribution in [0.4, 0.5) is 0 Å². The van der Waals surface area contributed by atoms with Gasteiger partial charge in [0.1, 0.15) is 0 Å². The molecule has 0 radical (unpaired) electrons. The van der Waals surface area contributed by atoms with E-state index in [-0.39, 0.29) is 17.1 Å². The lowest BCUT2D eigenvalue weighted by Gasteiger charge is -2.22. The number of thioether (sulfide) groups is 1. The van der Waals surface area contributed by atoms with E-state index in [1.54, 1.807) is 35.2 Å². The van der Waals surface area contributed by atoms with Crippen LogP contribution in [0.3, 0.4) is 0 Å². The Morgan fingerprint density at radius 2 is 2.05 bits per heavy atom. The maximum atomic E-state index is 12.6. The highest BCUT2D eigenvalue weighted by Gasteiger charge is 2.36. The van der Waals surface area contributed by atoms with Crippen LogP contribution >= 0.6 is 23.4 Å². The molecule has 3 nitrogen and oxygen atoms in total. The average molecular weight is 306 g/mol. The van der Waals surface area contributed by atoms with Crippen molar-refractivity contribution < 1.29 is 9.59 Å². The standard InChI is InChI=1S/C15H12ClNO2S/c1-9-17(13-7-6-12(18)8-14(13)20-9)15(19)10-2-4-11(16)5-3-10/h2-5,7-9H,6H2,1H3. The molecule has 0 bridgehead atoms. The predicted molar refractivity (Wildman–Crippen MR) is 80.5 cm³/mol. The highest BCUT2D eigenvalue weighted by molar-refractivity contribution is 8.04. The highest BCUT2D eigenvalue weighted by Crippen LogP contribution is 2.44. The lowest BCUT2D eigenvalue weighted by molar-refractivity contribution is -0.114. The van der Waals surface area contributed by atoms with Crippen LogP contribution in [0.25, 0.3) is 0 Å². The minimum atomic E-state index is -0.0642. The van der Waals surface area contributed by atoms with Gasteiger partial charge in [-0.25, -0.2) is 0 Å². The summed E-state index contributed by atoms with van der Waals surface area (Å²) in [6.45, 7) is 1.96. The first-order valence-electron chi connectivity index (χ1n) is 6.27. The quantitative estimate of drug-likeness (QED) is 0.795. The fraction of sp³-hybridized carbons (Fsp3) is 0.200. The van der Waals surface area contributed by atoms with E-state index in [9.17, 15) is 9.59 Å². The smallest absolute Gasteiger partial charge is 0.259 e. The van der Waals surface area contributed by atoms with E-state index in [0.29, 0.717) is 17.0 Å². The summed E-state index contributed by atoms with van der Waals surface area (Å²) in [6, 6.07) is 6.85. The molecule has 1 amide bonds. The van der Waals surface area contributed by atoms with Gasteiger partial charge in [-0.05, 0) is 37.3 Å². The Balaban J connectivity index is 1.94. The molecule has 3 rings (SSSR count). The lowest BCUT2D eigenvalue weighted by atomic mass is 10.1. The van der Waals surface area contributed by atoms with Crippen LogP contribution in [0.5, 0.6) is 0 Å². The maximum Gasteiger partial charge on any atom is 0.259 e. The van der Waals surface area contributed by atoms with Crippen molar-refractivity contribution in [2.75, 3.05) is 0 Å². The Morgan fingerprint density at radius 1 is 1.35 bits per heavy atom. The van der Waals surface area contributed by atoms with Crippen LogP contribution in [-0.4, -0.2) is 22.0 Å². The summed E-state index contributed by atoms with van der Waals surface area (Å²) in [5.74, 6) is 0.0231. The number of carbonyl (C=O) groups is 2. The molecule has 1 atom stereocenters. The Morgan fingerprint density at radius 3 is 2.75 bits per heavy atom. The summed E-state index contributed by atoms with van der Waals surface area (Å²) in [4.78, 5) is 26.7. The topological polar surface area (TPSA) is 37.4 Å². The van der Waals surface area contributed by atoms with E-state index in [1.165, 1.54) is 11.8 Å². The summed E-state index contributed by atoms with van der Waals surface area (Å²) >= 11 is 7.38. The van der Waals surface area contributed by atoms with Crippen molar-refractivity contribution in [3.63, 3.8) is 0 Å². The monoisotopic (exact) mass is 305 g/mol. The molecular weight excluding hydrogens is 294 g/mol. The van der Waals surface area contributed by atoms with E-state index < -0.39 is 0 Å². The summed E-state index contributed by atoms with van der Waals surface area (Å²) in [7, 11) is 0. The van der Waals surface area contributed by atoms with E-state index in [0.717, 1.165) is 10.6 Å². The van der Waals surface area contributed by atoms with Crippen LogP contribution in [0, 0.1) is 0 Å². The van der Waals surface area contributed by atoms with Gasteiger partial charge in [-0.2, -0.15) is 0 Å². The van der Waals surface area contributed by atoms with E-state index >= 15 is 0 Å². The lowest BCUT2D eigenvalue weighted by Crippen LogP contribution is -2.32. The molecular formula is C15H12ClNO2S. The highest BCUT2D eigenvalue weighted by atomic mass is 35.5. The summed E-state index contributed by atoms with van der Waals surface area (Å²) in [5, 5.41) is 0.593. The molecule has 1 aliphatic heterocycles. The van der Waals surface area contributed by atoms with Gasteiger partial charge in [0, 0.05) is 21.9 Å². The van der Waals surface area contributed by atoms with Crippen molar-refractivity contribution in [1.29, 1.82) is 0 Å². The van der Waals surface area contributed by atoms with E-state index in [4.69, 9.17) is 11.6 Å². The number of rotatable bonds is 1. The molecule has 0 aromatic heterocycles. The Bertz CT molecular complexity index is 648. The SMILES string of the molecule is CC1SC2=CC(=O)CC=C2N1C(=O)c1ccc(Cl)cc1. The predicted octanol–water partition coefficient (Wildman–Crippen LogP) is 3.62. The number of hydrogen-bond acceptors (Lipinski definition) is 3. The van der Waals surface area contributed by atoms with Crippen LogP contribution < -0.4 is 0 Å². The molecule has 1 aliphatic carbocycles. The van der Waals surface area contributed by atoms with Gasteiger partial charge in [0.15, 0.2) is 5.78 Å². The molecule has 0 N–H and O–H groups in total. The number of allylic oxidation sites excluding steroid dienone is 2. The zero-order valence-electron chi connectivity index (χ0n) is 10.8. The van der Waals surface area contributed by atoms with E-state index in [2.05, 4.69) is 0 Å². The first kappa shape index (κ1) is 13.5. The van der Waals surface area contributed by atoms with Crippen molar-refractivity contribution >= 4 is 35.1 Å². The number of carbonyl (C=O) groups excluding carboxylic acids is 2. The van der Waals surface area contributed by atoms with Crippen molar-refractivity contribution in [2.24, 2.45) is 0 Å². The largest absolute Gasteiger partial charge is 0.295 e. The van der Waals surface area contributed by atoms with Gasteiger partial charge in [0.25, 0.3) is 5.91 Å². The zero-order chi connectivity index (χ0) is 14.3. The number of hydrogen-bond donors (Lipinski definition) is 0. The maximum absolute atomic E-state index is 12.6. The normalized spacial score (nSPS) is 21.4. The molecule has 1 saturated heterocycles. The van der Waals surface area contributed by atoms with Crippen molar-refractivity contribution in [1.82, 2.24) is 4.90 Å². The molecule has 0 saturated carbocycles. The number of ketones is 1. The first-order valence-corrected chi connectivity index (χ1v) is 7.53. The Hall–Kier alpha value is -1.52. The number of fused-ring (bicyclic) bond motifs is 1. The van der Waals surface area contributed by atoms with Crippen molar-refractivity contribution in [3.8, 4) is 0 Å². The van der Waals surface area contributed by atoms with Crippen LogP contribution in [0.1, 0.15) is 23.7 Å². The second-order valence-corrected chi connectivity index (χ2v) is 6.46. The van der Waals surface area contributed by atoms with Crippen molar-refractivity contribution in [2.45, 2.75) is 18.7 Å². The molecule has 0 spiro atoms. The van der Waals surface area contributed by atoms with Gasteiger partial charge < -0.3 is 0 Å². The third kappa shape index (κ3) is 2.30. The minimum Gasteiger partial charge on any atom is -0.295 e.